The summed E-state index contributed by atoms with van der Waals surface area (Å²) >= 11 is 0. The normalized spacial score (nSPS) is 54.6. The largest absolute Gasteiger partial charge is 0.360 e. The topological polar surface area (TPSA) is 35.2 Å². The Morgan fingerprint density at radius 1 is 1.29 bits per heavy atom. The van der Waals surface area contributed by atoms with Gasteiger partial charge in [0, 0.05) is 12.0 Å². The number of ether oxygens (including phenoxy) is 1. The molecule has 3 aliphatic rings. The van der Waals surface area contributed by atoms with Gasteiger partial charge >= 0.3 is 0 Å². The van der Waals surface area contributed by atoms with Crippen LogP contribution < -0.4 is 5.73 Å². The second kappa shape index (κ2) is 2.35. The molecule has 1 saturated heterocycles. The number of hydrogen-bond donors (Lipinski definition) is 1. The maximum absolute atomic E-state index is 6.49. The third kappa shape index (κ3) is 0.737. The molecule has 3 unspecified atom stereocenters. The van der Waals surface area contributed by atoms with E-state index in [1.165, 1.54) is 25.7 Å². The van der Waals surface area contributed by atoms with Crippen LogP contribution in [0, 0.1) is 16.7 Å². The highest BCUT2D eigenvalue weighted by atomic mass is 16.5. The average molecular weight is 195 g/mol. The van der Waals surface area contributed by atoms with Crippen molar-refractivity contribution in [3.8, 4) is 0 Å². The summed E-state index contributed by atoms with van der Waals surface area (Å²) < 4.78 is 5.93. The molecule has 2 saturated carbocycles. The molecule has 2 N–H and O–H groups in total. The summed E-state index contributed by atoms with van der Waals surface area (Å²) in [6, 6.07) is 0. The minimum absolute atomic E-state index is 0.280. The second-order valence-corrected chi connectivity index (χ2v) is 6.09. The Labute approximate surface area is 86.2 Å². The first-order chi connectivity index (χ1) is 6.52. The van der Waals surface area contributed by atoms with Gasteiger partial charge in [-0.3, -0.25) is 0 Å². The Hall–Kier alpha value is -0.0800. The summed E-state index contributed by atoms with van der Waals surface area (Å²) in [6.07, 6.45) is 6.25. The summed E-state index contributed by atoms with van der Waals surface area (Å²) in [5.74, 6) is 0.797. The van der Waals surface area contributed by atoms with Gasteiger partial charge in [-0.15, -0.1) is 0 Å². The molecular weight excluding hydrogens is 174 g/mol. The standard InChI is InChI=1S/C12H21NO/c1-10(2)9-4-6-11(10)5-3-7-14-12(11,13)8-9/h9H,3-8,13H2,1-2H3. The number of fused-ring (bicyclic) bond motifs is 1. The molecule has 3 rings (SSSR count). The molecule has 1 aliphatic heterocycles. The number of nitrogens with two attached hydrogens (primary N) is 1. The van der Waals surface area contributed by atoms with Crippen LogP contribution in [0.15, 0.2) is 0 Å². The fourth-order valence-corrected chi connectivity index (χ4v) is 4.65. The molecule has 2 bridgehead atoms. The quantitative estimate of drug-likeness (QED) is 0.643. The van der Waals surface area contributed by atoms with Gasteiger partial charge in [-0.1, -0.05) is 13.8 Å². The first-order valence-electron chi connectivity index (χ1n) is 5.95. The fraction of sp³-hybridized carbons (Fsp3) is 1.00. The van der Waals surface area contributed by atoms with E-state index >= 15 is 0 Å². The molecule has 0 aromatic rings. The maximum atomic E-state index is 6.49. The molecule has 14 heavy (non-hydrogen) atoms. The van der Waals surface area contributed by atoms with Gasteiger partial charge in [0.2, 0.25) is 0 Å². The van der Waals surface area contributed by atoms with E-state index in [-0.39, 0.29) is 5.72 Å². The third-order valence-electron chi connectivity index (χ3n) is 5.64. The molecule has 1 heterocycles. The minimum Gasteiger partial charge on any atom is -0.360 e. The van der Waals surface area contributed by atoms with E-state index in [2.05, 4.69) is 13.8 Å². The summed E-state index contributed by atoms with van der Waals surface area (Å²) in [4.78, 5) is 0. The highest BCUT2D eigenvalue weighted by Crippen LogP contribution is 2.71. The summed E-state index contributed by atoms with van der Waals surface area (Å²) in [7, 11) is 0. The van der Waals surface area contributed by atoms with E-state index in [1.54, 1.807) is 0 Å². The van der Waals surface area contributed by atoms with Crippen LogP contribution >= 0.6 is 0 Å². The van der Waals surface area contributed by atoms with Crippen LogP contribution in [-0.2, 0) is 4.74 Å². The lowest BCUT2D eigenvalue weighted by Crippen LogP contribution is -2.59. The van der Waals surface area contributed by atoms with E-state index in [4.69, 9.17) is 10.5 Å². The van der Waals surface area contributed by atoms with Crippen molar-refractivity contribution < 1.29 is 4.74 Å². The lowest BCUT2D eigenvalue weighted by Gasteiger charge is -2.51. The molecular formula is C12H21NO. The first kappa shape index (κ1) is 9.17. The molecule has 2 heteroatoms. The van der Waals surface area contributed by atoms with Crippen LogP contribution in [0.5, 0.6) is 0 Å². The lowest BCUT2D eigenvalue weighted by molar-refractivity contribution is -0.177. The Kier molecular flexibility index (Phi) is 1.54. The summed E-state index contributed by atoms with van der Waals surface area (Å²) in [5.41, 5.74) is 6.91. The van der Waals surface area contributed by atoms with Gasteiger partial charge in [-0.25, -0.2) is 0 Å². The van der Waals surface area contributed by atoms with Crippen molar-refractivity contribution >= 4 is 0 Å². The van der Waals surface area contributed by atoms with Crippen LogP contribution in [0.4, 0.5) is 0 Å². The van der Waals surface area contributed by atoms with Gasteiger partial charge in [-0.05, 0) is 43.4 Å². The van der Waals surface area contributed by atoms with Crippen molar-refractivity contribution in [3.05, 3.63) is 0 Å². The van der Waals surface area contributed by atoms with E-state index < -0.39 is 0 Å². The second-order valence-electron chi connectivity index (χ2n) is 6.09. The molecule has 2 aliphatic carbocycles. The molecule has 1 spiro atoms. The molecule has 0 aromatic carbocycles. The van der Waals surface area contributed by atoms with Crippen molar-refractivity contribution in [2.24, 2.45) is 22.5 Å². The van der Waals surface area contributed by atoms with Gasteiger partial charge in [0.15, 0.2) is 0 Å². The van der Waals surface area contributed by atoms with Crippen molar-refractivity contribution in [2.75, 3.05) is 6.61 Å². The summed E-state index contributed by atoms with van der Waals surface area (Å²) in [6.45, 7) is 5.70. The van der Waals surface area contributed by atoms with Crippen molar-refractivity contribution in [2.45, 2.75) is 51.7 Å². The Bertz CT molecular complexity index is 275. The first-order valence-corrected chi connectivity index (χ1v) is 5.95. The van der Waals surface area contributed by atoms with Crippen molar-refractivity contribution in [1.29, 1.82) is 0 Å². The summed E-state index contributed by atoms with van der Waals surface area (Å²) in [5, 5.41) is 0. The predicted molar refractivity (Wildman–Crippen MR) is 55.7 cm³/mol. The average Bonchev–Trinajstić information content (AvgIpc) is 2.46. The van der Waals surface area contributed by atoms with E-state index in [0.717, 1.165) is 18.9 Å². The van der Waals surface area contributed by atoms with E-state index in [9.17, 15) is 0 Å². The van der Waals surface area contributed by atoms with Gasteiger partial charge in [0.05, 0.1) is 0 Å². The van der Waals surface area contributed by atoms with Crippen LogP contribution in [0.25, 0.3) is 0 Å². The van der Waals surface area contributed by atoms with Gasteiger partial charge in [0.1, 0.15) is 5.72 Å². The van der Waals surface area contributed by atoms with Gasteiger partial charge in [-0.2, -0.15) is 0 Å². The van der Waals surface area contributed by atoms with Crippen LogP contribution in [0.3, 0.4) is 0 Å². The van der Waals surface area contributed by atoms with Crippen molar-refractivity contribution in [3.63, 3.8) is 0 Å². The monoisotopic (exact) mass is 195 g/mol. The Balaban J connectivity index is 2.10. The van der Waals surface area contributed by atoms with E-state index in [0.29, 0.717) is 10.8 Å². The van der Waals surface area contributed by atoms with E-state index in [1.807, 2.05) is 0 Å². The zero-order valence-electron chi connectivity index (χ0n) is 9.31. The molecule has 0 amide bonds. The zero-order valence-corrected chi connectivity index (χ0v) is 9.31. The molecule has 0 aromatic heterocycles. The maximum Gasteiger partial charge on any atom is 0.123 e. The third-order valence-corrected chi connectivity index (χ3v) is 5.64. The molecule has 0 radical (unpaired) electrons. The lowest BCUT2D eigenvalue weighted by atomic mass is 9.63. The smallest absolute Gasteiger partial charge is 0.123 e. The zero-order chi connectivity index (χ0) is 10.0. The Morgan fingerprint density at radius 2 is 2.07 bits per heavy atom. The predicted octanol–water partition coefficient (Wildman–Crippen LogP) is 2.28. The SMILES string of the molecule is CC1(C)C2CCC13CCCOC3(N)C2. The highest BCUT2D eigenvalue weighted by molar-refractivity contribution is 5.19. The fourth-order valence-electron chi connectivity index (χ4n) is 4.65. The molecule has 80 valence electrons. The highest BCUT2D eigenvalue weighted by Gasteiger charge is 2.71. The van der Waals surface area contributed by atoms with Crippen molar-refractivity contribution in [1.82, 2.24) is 0 Å². The molecule has 2 nitrogen and oxygen atoms in total. The Morgan fingerprint density at radius 3 is 2.71 bits per heavy atom. The van der Waals surface area contributed by atoms with Crippen LogP contribution in [-0.4, -0.2) is 12.3 Å². The molecule has 3 fully saturated rings. The minimum atomic E-state index is -0.280. The van der Waals surface area contributed by atoms with Gasteiger partial charge < -0.3 is 10.5 Å². The van der Waals surface area contributed by atoms with Crippen LogP contribution in [0.2, 0.25) is 0 Å². The number of rotatable bonds is 0. The number of hydrogen-bond acceptors (Lipinski definition) is 2. The van der Waals surface area contributed by atoms with Gasteiger partial charge in [0.25, 0.3) is 0 Å². The molecule has 3 atom stereocenters. The van der Waals surface area contributed by atoms with Crippen LogP contribution in [0.1, 0.15) is 46.0 Å².